The van der Waals surface area contributed by atoms with Gasteiger partial charge in [-0.15, -0.1) is 0 Å². The number of aliphatic hydroxyl groups is 1. The molecule has 106 valence electrons. The first-order valence-corrected chi connectivity index (χ1v) is 6.81. The Morgan fingerprint density at radius 2 is 1.95 bits per heavy atom. The van der Waals surface area contributed by atoms with Crippen molar-refractivity contribution in [3.05, 3.63) is 63.6 Å². The Morgan fingerprint density at radius 3 is 2.55 bits per heavy atom. The first kappa shape index (κ1) is 14.9. The van der Waals surface area contributed by atoms with Gasteiger partial charge in [-0.1, -0.05) is 28.1 Å². The Bertz CT molecular complexity index is 615. The smallest absolute Gasteiger partial charge is 0.165 e. The third-order valence-corrected chi connectivity index (χ3v) is 3.57. The normalized spacial score (nSPS) is 12.2. The molecule has 2 aromatic rings. The summed E-state index contributed by atoms with van der Waals surface area (Å²) in [5.74, 6) is -0.805. The van der Waals surface area contributed by atoms with Crippen molar-refractivity contribution in [3.8, 4) is 5.75 Å². The van der Waals surface area contributed by atoms with Crippen molar-refractivity contribution in [2.75, 3.05) is 0 Å². The van der Waals surface area contributed by atoms with Gasteiger partial charge in [0.05, 0.1) is 6.10 Å². The zero-order valence-electron chi connectivity index (χ0n) is 10.7. The first-order chi connectivity index (χ1) is 9.47. The Balaban J connectivity index is 2.11. The van der Waals surface area contributed by atoms with Crippen LogP contribution in [0.4, 0.5) is 8.78 Å². The summed E-state index contributed by atoms with van der Waals surface area (Å²) in [5, 5.41) is 9.36. The molecule has 2 aromatic carbocycles. The molecule has 0 aromatic heterocycles. The Hall–Kier alpha value is -1.46. The van der Waals surface area contributed by atoms with Gasteiger partial charge in [-0.3, -0.25) is 0 Å². The predicted octanol–water partition coefficient (Wildman–Crippen LogP) is 4.36. The lowest BCUT2D eigenvalue weighted by Gasteiger charge is -2.11. The number of hydrogen-bond acceptors (Lipinski definition) is 2. The van der Waals surface area contributed by atoms with Crippen LogP contribution in [0, 0.1) is 11.6 Å². The van der Waals surface area contributed by atoms with Crippen LogP contribution in [-0.2, 0) is 6.61 Å². The van der Waals surface area contributed by atoms with Crippen LogP contribution in [0.15, 0.2) is 40.9 Å². The molecule has 20 heavy (non-hydrogen) atoms. The van der Waals surface area contributed by atoms with Crippen LogP contribution < -0.4 is 4.74 Å². The molecule has 0 fully saturated rings. The molecule has 0 aliphatic rings. The van der Waals surface area contributed by atoms with E-state index in [-0.39, 0.29) is 18.2 Å². The largest absolute Gasteiger partial charge is 0.486 e. The van der Waals surface area contributed by atoms with Crippen LogP contribution in [0.1, 0.15) is 24.2 Å². The lowest BCUT2D eigenvalue weighted by molar-refractivity contribution is 0.198. The highest BCUT2D eigenvalue weighted by molar-refractivity contribution is 9.10. The molecule has 0 amide bonds. The molecule has 0 saturated heterocycles. The van der Waals surface area contributed by atoms with E-state index < -0.39 is 11.9 Å². The Morgan fingerprint density at radius 1 is 1.20 bits per heavy atom. The van der Waals surface area contributed by atoms with Crippen LogP contribution in [0.5, 0.6) is 5.75 Å². The van der Waals surface area contributed by atoms with Crippen molar-refractivity contribution >= 4 is 15.9 Å². The summed E-state index contributed by atoms with van der Waals surface area (Å²) in [7, 11) is 0. The maximum atomic E-state index is 13.8. The quantitative estimate of drug-likeness (QED) is 0.894. The van der Waals surface area contributed by atoms with Gasteiger partial charge in [0.25, 0.3) is 0 Å². The standard InChI is InChI=1S/C15H13BrF2O2/c1-9(19)10-3-5-15(14(18)6-10)20-8-11-2-4-12(17)7-13(11)16/h2-7,9,19H,8H2,1H3/t9-/m0/s1. The zero-order chi connectivity index (χ0) is 14.7. The monoisotopic (exact) mass is 342 g/mol. The summed E-state index contributed by atoms with van der Waals surface area (Å²) in [6.45, 7) is 1.68. The van der Waals surface area contributed by atoms with Crippen molar-refractivity contribution in [1.29, 1.82) is 0 Å². The van der Waals surface area contributed by atoms with Gasteiger partial charge < -0.3 is 9.84 Å². The molecule has 1 atom stereocenters. The predicted molar refractivity (Wildman–Crippen MR) is 75.5 cm³/mol. The number of benzene rings is 2. The van der Waals surface area contributed by atoms with Crippen LogP contribution in [0.2, 0.25) is 0 Å². The molecule has 0 radical (unpaired) electrons. The fraction of sp³-hybridized carbons (Fsp3) is 0.200. The average Bonchev–Trinajstić information content (AvgIpc) is 2.38. The van der Waals surface area contributed by atoms with Gasteiger partial charge >= 0.3 is 0 Å². The van der Waals surface area contributed by atoms with Crippen LogP contribution >= 0.6 is 15.9 Å². The third-order valence-electron chi connectivity index (χ3n) is 2.84. The number of hydrogen-bond donors (Lipinski definition) is 1. The molecule has 5 heteroatoms. The van der Waals surface area contributed by atoms with Gasteiger partial charge in [-0.2, -0.15) is 0 Å². The van der Waals surface area contributed by atoms with Crippen LogP contribution in [0.25, 0.3) is 0 Å². The second kappa shape index (κ2) is 6.33. The van der Waals surface area contributed by atoms with Gasteiger partial charge in [0.15, 0.2) is 11.6 Å². The minimum absolute atomic E-state index is 0.0885. The van der Waals surface area contributed by atoms with E-state index in [9.17, 15) is 13.9 Å². The molecule has 0 bridgehead atoms. The second-order valence-electron chi connectivity index (χ2n) is 4.39. The molecule has 1 N–H and O–H groups in total. The van der Waals surface area contributed by atoms with E-state index in [1.807, 2.05) is 0 Å². The third kappa shape index (κ3) is 3.55. The highest BCUT2D eigenvalue weighted by atomic mass is 79.9. The molecule has 0 aliphatic heterocycles. The van der Waals surface area contributed by atoms with Gasteiger partial charge in [-0.05, 0) is 36.8 Å². The lowest BCUT2D eigenvalue weighted by Crippen LogP contribution is -2.00. The number of rotatable bonds is 4. The zero-order valence-corrected chi connectivity index (χ0v) is 12.3. The summed E-state index contributed by atoms with van der Waals surface area (Å²) in [4.78, 5) is 0. The van der Waals surface area contributed by atoms with E-state index in [0.717, 1.165) is 0 Å². The highest BCUT2D eigenvalue weighted by Gasteiger charge is 2.09. The maximum absolute atomic E-state index is 13.8. The molecule has 2 rings (SSSR count). The molecule has 0 aliphatic carbocycles. The maximum Gasteiger partial charge on any atom is 0.165 e. The molecular formula is C15H13BrF2O2. The number of aliphatic hydroxyl groups excluding tert-OH is 1. The summed E-state index contributed by atoms with van der Waals surface area (Å²) in [5.41, 5.74) is 1.20. The fourth-order valence-corrected chi connectivity index (χ4v) is 2.15. The van der Waals surface area contributed by atoms with E-state index in [4.69, 9.17) is 4.74 Å². The van der Waals surface area contributed by atoms with E-state index in [1.54, 1.807) is 19.1 Å². The van der Waals surface area contributed by atoms with Gasteiger partial charge in [0.1, 0.15) is 12.4 Å². The van der Waals surface area contributed by atoms with Gasteiger partial charge in [0.2, 0.25) is 0 Å². The average molecular weight is 343 g/mol. The van der Waals surface area contributed by atoms with Gasteiger partial charge in [0, 0.05) is 10.0 Å². The van der Waals surface area contributed by atoms with E-state index in [1.165, 1.54) is 24.3 Å². The number of halogens is 3. The Kier molecular flexibility index (Phi) is 4.73. The van der Waals surface area contributed by atoms with Crippen molar-refractivity contribution in [1.82, 2.24) is 0 Å². The molecule has 0 unspecified atom stereocenters. The second-order valence-corrected chi connectivity index (χ2v) is 5.24. The first-order valence-electron chi connectivity index (χ1n) is 6.01. The lowest BCUT2D eigenvalue weighted by atomic mass is 10.1. The molecular weight excluding hydrogens is 330 g/mol. The van der Waals surface area contributed by atoms with Crippen molar-refractivity contribution < 1.29 is 18.6 Å². The van der Waals surface area contributed by atoms with E-state index >= 15 is 0 Å². The minimum Gasteiger partial charge on any atom is -0.486 e. The minimum atomic E-state index is -0.732. The Labute approximate surface area is 124 Å². The van der Waals surface area contributed by atoms with Crippen molar-refractivity contribution in [2.24, 2.45) is 0 Å². The van der Waals surface area contributed by atoms with Crippen molar-refractivity contribution in [2.45, 2.75) is 19.6 Å². The fourth-order valence-electron chi connectivity index (χ4n) is 1.69. The summed E-state index contributed by atoms with van der Waals surface area (Å²) >= 11 is 3.22. The van der Waals surface area contributed by atoms with Crippen LogP contribution in [0.3, 0.4) is 0 Å². The molecule has 0 spiro atoms. The molecule has 0 heterocycles. The number of ether oxygens (including phenoxy) is 1. The van der Waals surface area contributed by atoms with Gasteiger partial charge in [-0.25, -0.2) is 8.78 Å². The highest BCUT2D eigenvalue weighted by Crippen LogP contribution is 2.24. The summed E-state index contributed by atoms with van der Waals surface area (Å²) < 4.78 is 32.6. The summed E-state index contributed by atoms with van der Waals surface area (Å²) in [6, 6.07) is 8.51. The van der Waals surface area contributed by atoms with Crippen LogP contribution in [-0.4, -0.2) is 5.11 Å². The summed E-state index contributed by atoms with van der Waals surface area (Å²) in [6.07, 6.45) is -0.732. The van der Waals surface area contributed by atoms with E-state index in [2.05, 4.69) is 15.9 Å². The van der Waals surface area contributed by atoms with E-state index in [0.29, 0.717) is 15.6 Å². The SMILES string of the molecule is C[C@H](O)c1ccc(OCc2ccc(F)cc2Br)c(F)c1. The molecule has 0 saturated carbocycles. The topological polar surface area (TPSA) is 29.5 Å². The molecule has 2 nitrogen and oxygen atoms in total. The van der Waals surface area contributed by atoms with Crippen molar-refractivity contribution in [3.63, 3.8) is 0 Å².